The van der Waals surface area contributed by atoms with Gasteiger partial charge in [-0.3, -0.25) is 4.79 Å². The van der Waals surface area contributed by atoms with Crippen LogP contribution >= 0.6 is 0 Å². The molecule has 0 saturated carbocycles. The van der Waals surface area contributed by atoms with E-state index in [1.807, 2.05) is 0 Å². The molecule has 0 radical (unpaired) electrons. The Balaban J connectivity index is 2.73. The molecule has 5 heteroatoms. The molecular weight excluding hydrogens is 158 g/mol. The molecule has 1 heterocycles. The van der Waals surface area contributed by atoms with E-state index < -0.39 is 0 Å². The Kier molecular flexibility index (Phi) is 2.57. The number of carbonyl (C=O) groups excluding carboxylic acids is 1. The van der Waals surface area contributed by atoms with Crippen LogP contribution in [-0.4, -0.2) is 12.5 Å². The van der Waals surface area contributed by atoms with Crippen molar-refractivity contribution in [3.63, 3.8) is 0 Å². The average molecular weight is 167 g/mol. The lowest BCUT2D eigenvalue weighted by atomic mass is 10.3. The van der Waals surface area contributed by atoms with E-state index in [9.17, 15) is 4.79 Å². The van der Waals surface area contributed by atoms with Crippen molar-refractivity contribution in [1.82, 2.24) is 5.32 Å². The van der Waals surface area contributed by atoms with Gasteiger partial charge in [0.05, 0.1) is 5.70 Å². The zero-order valence-electron chi connectivity index (χ0n) is 6.63. The zero-order valence-corrected chi connectivity index (χ0v) is 6.63. The Morgan fingerprint density at radius 3 is 3.17 bits per heavy atom. The lowest BCUT2D eigenvalue weighted by Crippen LogP contribution is -2.21. The maximum atomic E-state index is 10.7. The van der Waals surface area contributed by atoms with E-state index >= 15 is 0 Å². The van der Waals surface area contributed by atoms with E-state index in [4.69, 9.17) is 10.3 Å². The number of hydrogen-bond donors (Lipinski definition) is 2. The number of rotatable bonds is 2. The topological polar surface area (TPSA) is 74.5 Å². The number of carbonyl (C=O) groups is 1. The molecule has 1 aliphatic heterocycles. The van der Waals surface area contributed by atoms with Gasteiger partial charge < -0.3 is 10.1 Å². The van der Waals surface area contributed by atoms with Gasteiger partial charge in [0.2, 0.25) is 5.91 Å². The Bertz CT molecular complexity index is 268. The van der Waals surface area contributed by atoms with Gasteiger partial charge >= 0.3 is 0 Å². The van der Waals surface area contributed by atoms with E-state index in [0.717, 1.165) is 0 Å². The highest BCUT2D eigenvalue weighted by atomic mass is 16.5. The molecule has 12 heavy (non-hydrogen) atoms. The third-order valence-electron chi connectivity index (χ3n) is 1.29. The predicted octanol–water partition coefficient (Wildman–Crippen LogP) is 0.909. The summed E-state index contributed by atoms with van der Waals surface area (Å²) in [6.07, 6.45) is 3.01. The highest BCUT2D eigenvalue weighted by molar-refractivity contribution is 5.75. The smallest absolute Gasteiger partial charge is 0.221 e. The third-order valence-corrected chi connectivity index (χ3v) is 1.29. The lowest BCUT2D eigenvalue weighted by Gasteiger charge is -2.11. The molecule has 0 bridgehead atoms. The second-order valence-electron chi connectivity index (χ2n) is 2.25. The largest absolute Gasteiger partial charge is 0.495 e. The second-order valence-corrected chi connectivity index (χ2v) is 2.25. The van der Waals surface area contributed by atoms with Crippen LogP contribution < -0.4 is 5.32 Å². The van der Waals surface area contributed by atoms with Crippen LogP contribution in [0.4, 0.5) is 0 Å². The predicted molar refractivity (Wildman–Crippen MR) is 41.1 cm³/mol. The molecule has 0 spiro atoms. The molecule has 1 aliphatic rings. The van der Waals surface area contributed by atoms with Gasteiger partial charge in [0.1, 0.15) is 18.6 Å². The monoisotopic (exact) mass is 167 g/mol. The SMILES string of the molecule is CC(=O)NC1=CCOC=C1N=N. The fourth-order valence-electron chi connectivity index (χ4n) is 0.818. The molecular formula is C7H9N3O2. The molecule has 5 nitrogen and oxygen atoms in total. The van der Waals surface area contributed by atoms with Crippen LogP contribution in [0.2, 0.25) is 0 Å². The summed E-state index contributed by atoms with van der Waals surface area (Å²) >= 11 is 0. The van der Waals surface area contributed by atoms with Crippen LogP contribution in [0.5, 0.6) is 0 Å². The number of nitrogens with zero attached hydrogens (tertiary/aromatic N) is 1. The first-order chi connectivity index (χ1) is 5.74. The van der Waals surface area contributed by atoms with Gasteiger partial charge in [-0.25, -0.2) is 5.53 Å². The summed E-state index contributed by atoms with van der Waals surface area (Å²) in [5.74, 6) is -0.183. The average Bonchev–Trinajstić information content (AvgIpc) is 2.04. The van der Waals surface area contributed by atoms with Crippen LogP contribution in [0, 0.1) is 5.53 Å². The zero-order chi connectivity index (χ0) is 8.97. The summed E-state index contributed by atoms with van der Waals surface area (Å²) in [6.45, 7) is 1.80. The highest BCUT2D eigenvalue weighted by Crippen LogP contribution is 2.12. The van der Waals surface area contributed by atoms with Crippen molar-refractivity contribution < 1.29 is 9.53 Å². The normalized spacial score (nSPS) is 15.4. The van der Waals surface area contributed by atoms with Crippen molar-refractivity contribution in [2.24, 2.45) is 5.11 Å². The van der Waals surface area contributed by atoms with E-state index in [1.165, 1.54) is 13.2 Å². The molecule has 0 aliphatic carbocycles. The molecule has 0 atom stereocenters. The Hall–Kier alpha value is -1.65. The van der Waals surface area contributed by atoms with Crippen molar-refractivity contribution in [2.45, 2.75) is 6.92 Å². The van der Waals surface area contributed by atoms with E-state index in [1.54, 1.807) is 6.08 Å². The van der Waals surface area contributed by atoms with Crippen LogP contribution in [0.3, 0.4) is 0 Å². The Morgan fingerprint density at radius 2 is 2.58 bits per heavy atom. The van der Waals surface area contributed by atoms with Crippen molar-refractivity contribution in [3.05, 3.63) is 23.7 Å². The molecule has 1 amide bonds. The minimum atomic E-state index is -0.183. The van der Waals surface area contributed by atoms with Gasteiger partial charge in [-0.05, 0) is 6.08 Å². The minimum absolute atomic E-state index is 0.183. The fraction of sp³-hybridized carbons (Fsp3) is 0.286. The maximum absolute atomic E-state index is 10.7. The summed E-state index contributed by atoms with van der Waals surface area (Å²) in [5, 5.41) is 5.73. The fourth-order valence-corrected chi connectivity index (χ4v) is 0.818. The van der Waals surface area contributed by atoms with Gasteiger partial charge in [-0.2, -0.15) is 5.11 Å². The van der Waals surface area contributed by atoms with Crippen molar-refractivity contribution >= 4 is 5.91 Å². The van der Waals surface area contributed by atoms with E-state index in [-0.39, 0.29) is 5.91 Å². The quantitative estimate of drug-likeness (QED) is 0.600. The van der Waals surface area contributed by atoms with Crippen LogP contribution in [0.25, 0.3) is 0 Å². The van der Waals surface area contributed by atoms with Crippen molar-refractivity contribution in [3.8, 4) is 0 Å². The molecule has 64 valence electrons. The van der Waals surface area contributed by atoms with Gasteiger partial charge in [-0.1, -0.05) is 0 Å². The van der Waals surface area contributed by atoms with Gasteiger partial charge in [0.25, 0.3) is 0 Å². The first kappa shape index (κ1) is 8.45. The van der Waals surface area contributed by atoms with E-state index in [2.05, 4.69) is 10.4 Å². The molecule has 0 saturated heterocycles. The number of hydrogen-bond acceptors (Lipinski definition) is 4. The molecule has 0 unspecified atom stereocenters. The highest BCUT2D eigenvalue weighted by Gasteiger charge is 2.09. The van der Waals surface area contributed by atoms with Crippen molar-refractivity contribution in [2.75, 3.05) is 6.61 Å². The van der Waals surface area contributed by atoms with Crippen molar-refractivity contribution in [1.29, 1.82) is 5.53 Å². The summed E-state index contributed by atoms with van der Waals surface area (Å²) in [6, 6.07) is 0. The number of ether oxygens (including phenoxy) is 1. The van der Waals surface area contributed by atoms with Gasteiger partial charge in [-0.15, -0.1) is 0 Å². The Morgan fingerprint density at radius 1 is 1.83 bits per heavy atom. The summed E-state index contributed by atoms with van der Waals surface area (Å²) in [5.41, 5.74) is 7.62. The number of amides is 1. The molecule has 1 rings (SSSR count). The summed E-state index contributed by atoms with van der Waals surface area (Å²) in [4.78, 5) is 10.7. The second kappa shape index (κ2) is 3.66. The molecule has 0 aromatic rings. The Labute approximate surface area is 69.6 Å². The van der Waals surface area contributed by atoms with E-state index in [0.29, 0.717) is 18.0 Å². The van der Waals surface area contributed by atoms with Crippen LogP contribution in [0.1, 0.15) is 6.92 Å². The van der Waals surface area contributed by atoms with Crippen LogP contribution in [0.15, 0.2) is 28.8 Å². The van der Waals surface area contributed by atoms with Gasteiger partial charge in [0, 0.05) is 6.92 Å². The standard InChI is InChI=1S/C7H9N3O2/c1-5(11)9-6-2-3-12-4-7(6)10-8/h2,4,8H,3H2,1H3,(H,9,11). The maximum Gasteiger partial charge on any atom is 0.221 e. The molecule has 0 fully saturated rings. The first-order valence-electron chi connectivity index (χ1n) is 3.41. The lowest BCUT2D eigenvalue weighted by molar-refractivity contribution is -0.118. The van der Waals surface area contributed by atoms with Gasteiger partial charge in [0.15, 0.2) is 0 Å². The van der Waals surface area contributed by atoms with Crippen LogP contribution in [-0.2, 0) is 9.53 Å². The molecule has 2 N–H and O–H groups in total. The minimum Gasteiger partial charge on any atom is -0.495 e. The first-order valence-corrected chi connectivity index (χ1v) is 3.41. The summed E-state index contributed by atoms with van der Waals surface area (Å²) < 4.78 is 4.88. The third kappa shape index (κ3) is 1.91. The number of nitrogens with one attached hydrogen (secondary N) is 2. The summed E-state index contributed by atoms with van der Waals surface area (Å²) in [7, 11) is 0. The molecule has 0 aromatic carbocycles. The molecule has 0 aromatic heterocycles.